The second-order valence-electron chi connectivity index (χ2n) is 7.14. The minimum atomic E-state index is -3.81. The Bertz CT molecular complexity index is 977. The Morgan fingerprint density at radius 2 is 1.92 bits per heavy atom. The SMILES string of the molecule is Cc1ccc2c(c1)[C@@H]1CN(C)CC[C@@H]1N2S(=O)(=O)c1cccc(Cl)c1Cl. The van der Waals surface area contributed by atoms with E-state index >= 15 is 0 Å². The van der Waals surface area contributed by atoms with Crippen LogP contribution >= 0.6 is 23.2 Å². The molecule has 1 fully saturated rings. The van der Waals surface area contributed by atoms with Crippen LogP contribution in [0.25, 0.3) is 0 Å². The number of sulfonamides is 1. The van der Waals surface area contributed by atoms with Crippen molar-refractivity contribution >= 4 is 38.9 Å². The molecule has 0 spiro atoms. The van der Waals surface area contributed by atoms with Crippen LogP contribution < -0.4 is 4.31 Å². The molecule has 0 amide bonds. The molecule has 1 saturated heterocycles. The largest absolute Gasteiger partial charge is 0.306 e. The average molecular weight is 411 g/mol. The standard InChI is InChI=1S/C19H20Cl2N2O2S/c1-12-6-7-16-13(10-12)14-11-22(2)9-8-17(14)23(16)26(24,25)18-5-3-4-15(20)19(18)21/h3-7,10,14,17H,8-9,11H2,1-2H3/t14-,17-/m0/s1. The quantitative estimate of drug-likeness (QED) is 0.740. The van der Waals surface area contributed by atoms with E-state index in [-0.39, 0.29) is 26.9 Å². The number of likely N-dealkylation sites (N-methyl/N-ethyl adjacent to an activating group) is 1. The van der Waals surface area contributed by atoms with E-state index in [1.165, 1.54) is 6.07 Å². The van der Waals surface area contributed by atoms with Gasteiger partial charge < -0.3 is 4.90 Å². The predicted molar refractivity (Wildman–Crippen MR) is 106 cm³/mol. The molecule has 0 bridgehead atoms. The molecule has 0 saturated carbocycles. The summed E-state index contributed by atoms with van der Waals surface area (Å²) in [5.74, 6) is 0.163. The van der Waals surface area contributed by atoms with Gasteiger partial charge in [-0.15, -0.1) is 0 Å². The number of nitrogens with zero attached hydrogens (tertiary/aromatic N) is 2. The molecular weight excluding hydrogens is 391 g/mol. The van der Waals surface area contributed by atoms with Gasteiger partial charge in [-0.2, -0.15) is 0 Å². The number of hydrogen-bond acceptors (Lipinski definition) is 3. The van der Waals surface area contributed by atoms with Crippen LogP contribution in [0.1, 0.15) is 23.5 Å². The highest BCUT2D eigenvalue weighted by Gasteiger charge is 2.47. The van der Waals surface area contributed by atoms with Crippen LogP contribution in [0.15, 0.2) is 41.3 Å². The lowest BCUT2D eigenvalue weighted by molar-refractivity contribution is 0.237. The van der Waals surface area contributed by atoms with E-state index < -0.39 is 10.0 Å². The molecule has 2 aliphatic heterocycles. The average Bonchev–Trinajstić information content (AvgIpc) is 2.91. The summed E-state index contributed by atoms with van der Waals surface area (Å²) in [4.78, 5) is 2.33. The first-order valence-corrected chi connectivity index (χ1v) is 10.8. The van der Waals surface area contributed by atoms with E-state index in [9.17, 15) is 8.42 Å². The highest BCUT2D eigenvalue weighted by Crippen LogP contribution is 2.48. The Hall–Kier alpha value is -1.27. The first-order valence-electron chi connectivity index (χ1n) is 8.58. The predicted octanol–water partition coefficient (Wildman–Crippen LogP) is 4.30. The number of piperidine rings is 1. The minimum absolute atomic E-state index is 0.0674. The second kappa shape index (κ2) is 6.41. The molecule has 0 aliphatic carbocycles. The molecule has 0 aromatic heterocycles. The fourth-order valence-corrected chi connectivity index (χ4v) is 6.62. The number of rotatable bonds is 2. The summed E-state index contributed by atoms with van der Waals surface area (Å²) in [6, 6.07) is 10.6. The maximum atomic E-state index is 13.6. The topological polar surface area (TPSA) is 40.6 Å². The highest BCUT2D eigenvalue weighted by molar-refractivity contribution is 7.93. The van der Waals surface area contributed by atoms with Crippen molar-refractivity contribution < 1.29 is 8.42 Å². The Morgan fingerprint density at radius 1 is 1.15 bits per heavy atom. The summed E-state index contributed by atoms with van der Waals surface area (Å²) >= 11 is 12.3. The van der Waals surface area contributed by atoms with Gasteiger partial charge in [-0.3, -0.25) is 4.31 Å². The maximum absolute atomic E-state index is 13.6. The van der Waals surface area contributed by atoms with E-state index in [0.717, 1.165) is 36.3 Å². The van der Waals surface area contributed by atoms with Gasteiger partial charge in [-0.25, -0.2) is 8.42 Å². The zero-order valence-corrected chi connectivity index (χ0v) is 16.9. The van der Waals surface area contributed by atoms with E-state index in [4.69, 9.17) is 23.2 Å². The molecule has 0 N–H and O–H groups in total. The van der Waals surface area contributed by atoms with Crippen LogP contribution in [0.2, 0.25) is 10.0 Å². The van der Waals surface area contributed by atoms with Crippen LogP contribution in [0, 0.1) is 6.92 Å². The maximum Gasteiger partial charge on any atom is 0.266 e. The molecule has 26 heavy (non-hydrogen) atoms. The number of aryl methyl sites for hydroxylation is 1. The molecule has 2 atom stereocenters. The number of hydrogen-bond donors (Lipinski definition) is 0. The van der Waals surface area contributed by atoms with Crippen molar-refractivity contribution in [3.8, 4) is 0 Å². The van der Waals surface area contributed by atoms with Crippen molar-refractivity contribution in [2.24, 2.45) is 0 Å². The first kappa shape index (κ1) is 18.1. The van der Waals surface area contributed by atoms with Crippen molar-refractivity contribution in [1.82, 2.24) is 4.90 Å². The fourth-order valence-electron chi connectivity index (χ4n) is 4.14. The van der Waals surface area contributed by atoms with E-state index in [1.54, 1.807) is 16.4 Å². The number of fused-ring (bicyclic) bond motifs is 3. The summed E-state index contributed by atoms with van der Waals surface area (Å²) in [5, 5.41) is 0.329. The molecule has 4 nitrogen and oxygen atoms in total. The van der Waals surface area contributed by atoms with E-state index in [1.807, 2.05) is 19.1 Å². The Kier molecular flexibility index (Phi) is 4.47. The number of benzene rings is 2. The van der Waals surface area contributed by atoms with Crippen LogP contribution in [0.4, 0.5) is 5.69 Å². The van der Waals surface area contributed by atoms with Gasteiger partial charge in [-0.05, 0) is 50.7 Å². The monoisotopic (exact) mass is 410 g/mol. The van der Waals surface area contributed by atoms with Crippen molar-refractivity contribution in [2.45, 2.75) is 30.2 Å². The van der Waals surface area contributed by atoms with Crippen LogP contribution in [-0.2, 0) is 10.0 Å². The number of halogens is 2. The van der Waals surface area contributed by atoms with Crippen molar-refractivity contribution in [3.05, 3.63) is 57.6 Å². The molecule has 2 aliphatic rings. The van der Waals surface area contributed by atoms with Gasteiger partial charge >= 0.3 is 0 Å². The lowest BCUT2D eigenvalue weighted by Crippen LogP contribution is -2.47. The lowest BCUT2D eigenvalue weighted by atomic mass is 9.89. The van der Waals surface area contributed by atoms with Gasteiger partial charge in [0.2, 0.25) is 0 Å². The van der Waals surface area contributed by atoms with Crippen molar-refractivity contribution in [2.75, 3.05) is 24.4 Å². The Balaban J connectivity index is 1.89. The van der Waals surface area contributed by atoms with Crippen LogP contribution in [-0.4, -0.2) is 39.5 Å². The minimum Gasteiger partial charge on any atom is -0.306 e. The third-order valence-electron chi connectivity index (χ3n) is 5.35. The summed E-state index contributed by atoms with van der Waals surface area (Å²) in [7, 11) is -1.73. The second-order valence-corrected chi connectivity index (χ2v) is 9.71. The molecule has 2 heterocycles. The molecule has 138 valence electrons. The molecule has 2 aromatic carbocycles. The molecular formula is C19H20Cl2N2O2S. The zero-order valence-electron chi connectivity index (χ0n) is 14.6. The van der Waals surface area contributed by atoms with Gasteiger partial charge in [0.1, 0.15) is 4.90 Å². The molecule has 0 radical (unpaired) electrons. The summed E-state index contributed by atoms with van der Waals surface area (Å²) in [5.41, 5.74) is 3.00. The first-order chi connectivity index (χ1) is 12.3. The molecule has 0 unspecified atom stereocenters. The summed E-state index contributed by atoms with van der Waals surface area (Å²) in [6.45, 7) is 3.74. The molecule has 2 aromatic rings. The van der Waals surface area contributed by atoms with Crippen LogP contribution in [0.3, 0.4) is 0 Å². The normalized spacial score (nSPS) is 23.0. The van der Waals surface area contributed by atoms with Gasteiger partial charge in [0, 0.05) is 12.5 Å². The smallest absolute Gasteiger partial charge is 0.266 e. The van der Waals surface area contributed by atoms with Crippen LogP contribution in [0.5, 0.6) is 0 Å². The van der Waals surface area contributed by atoms with E-state index in [2.05, 4.69) is 18.0 Å². The van der Waals surface area contributed by atoms with Gasteiger partial charge in [0.15, 0.2) is 0 Å². The van der Waals surface area contributed by atoms with Crippen molar-refractivity contribution in [3.63, 3.8) is 0 Å². The fraction of sp³-hybridized carbons (Fsp3) is 0.368. The van der Waals surface area contributed by atoms with Gasteiger partial charge in [-0.1, -0.05) is 47.0 Å². The van der Waals surface area contributed by atoms with Gasteiger partial charge in [0.25, 0.3) is 10.0 Å². The number of likely N-dealkylation sites (tertiary alicyclic amines) is 1. The third-order valence-corrected chi connectivity index (χ3v) is 8.17. The molecule has 7 heteroatoms. The van der Waals surface area contributed by atoms with Gasteiger partial charge in [0.05, 0.1) is 21.8 Å². The lowest BCUT2D eigenvalue weighted by Gasteiger charge is -2.36. The number of anilines is 1. The Morgan fingerprint density at radius 3 is 2.69 bits per heavy atom. The Labute approximate surface area is 164 Å². The summed E-state index contributed by atoms with van der Waals surface area (Å²) < 4.78 is 28.7. The molecule has 4 rings (SSSR count). The van der Waals surface area contributed by atoms with E-state index in [0.29, 0.717) is 0 Å². The third kappa shape index (κ3) is 2.73. The summed E-state index contributed by atoms with van der Waals surface area (Å²) in [6.07, 6.45) is 0.784. The van der Waals surface area contributed by atoms with Crippen molar-refractivity contribution in [1.29, 1.82) is 0 Å². The zero-order chi connectivity index (χ0) is 18.6. The highest BCUT2D eigenvalue weighted by atomic mass is 35.5.